The SMILES string of the molecule is NCc1cc(OCC(F)(F)F)ccc1C(F)(F)F. The van der Waals surface area contributed by atoms with Gasteiger partial charge in [-0.25, -0.2) is 0 Å². The van der Waals surface area contributed by atoms with Gasteiger partial charge >= 0.3 is 12.4 Å². The van der Waals surface area contributed by atoms with Gasteiger partial charge in [-0.2, -0.15) is 26.3 Å². The summed E-state index contributed by atoms with van der Waals surface area (Å²) in [6.45, 7) is -2.01. The van der Waals surface area contributed by atoms with Gasteiger partial charge in [0.05, 0.1) is 5.56 Å². The second-order valence-corrected chi connectivity index (χ2v) is 3.42. The highest BCUT2D eigenvalue weighted by molar-refractivity contribution is 5.37. The van der Waals surface area contributed by atoms with Crippen LogP contribution in [0.25, 0.3) is 0 Å². The molecule has 0 bridgehead atoms. The van der Waals surface area contributed by atoms with E-state index in [4.69, 9.17) is 5.73 Å². The molecule has 8 heteroatoms. The van der Waals surface area contributed by atoms with Gasteiger partial charge < -0.3 is 10.5 Å². The van der Waals surface area contributed by atoms with E-state index in [1.165, 1.54) is 0 Å². The minimum Gasteiger partial charge on any atom is -0.484 e. The van der Waals surface area contributed by atoms with E-state index in [1.807, 2.05) is 0 Å². The fraction of sp³-hybridized carbons (Fsp3) is 0.400. The first-order valence-corrected chi connectivity index (χ1v) is 4.73. The van der Waals surface area contributed by atoms with Gasteiger partial charge in [-0.3, -0.25) is 0 Å². The van der Waals surface area contributed by atoms with Crippen molar-refractivity contribution in [1.82, 2.24) is 0 Å². The van der Waals surface area contributed by atoms with Crippen molar-refractivity contribution >= 4 is 0 Å². The molecule has 1 aromatic carbocycles. The highest BCUT2D eigenvalue weighted by atomic mass is 19.4. The third-order valence-corrected chi connectivity index (χ3v) is 2.00. The van der Waals surface area contributed by atoms with Crippen LogP contribution in [0.15, 0.2) is 18.2 Å². The number of rotatable bonds is 3. The Labute approximate surface area is 98.3 Å². The van der Waals surface area contributed by atoms with Gasteiger partial charge in [-0.15, -0.1) is 0 Å². The fourth-order valence-electron chi connectivity index (χ4n) is 1.27. The molecule has 0 saturated carbocycles. The first kappa shape index (κ1) is 14.6. The summed E-state index contributed by atoms with van der Waals surface area (Å²) in [4.78, 5) is 0. The molecule has 102 valence electrons. The second kappa shape index (κ2) is 5.05. The van der Waals surface area contributed by atoms with Crippen molar-refractivity contribution in [2.24, 2.45) is 5.73 Å². The molecule has 1 aromatic rings. The number of ether oxygens (including phenoxy) is 1. The van der Waals surface area contributed by atoms with E-state index in [2.05, 4.69) is 4.74 Å². The Hall–Kier alpha value is -1.44. The van der Waals surface area contributed by atoms with Crippen LogP contribution in [-0.2, 0) is 12.7 Å². The van der Waals surface area contributed by atoms with E-state index in [-0.39, 0.29) is 11.3 Å². The van der Waals surface area contributed by atoms with Crippen LogP contribution in [0.3, 0.4) is 0 Å². The van der Waals surface area contributed by atoms with Crippen molar-refractivity contribution < 1.29 is 31.1 Å². The second-order valence-electron chi connectivity index (χ2n) is 3.42. The lowest BCUT2D eigenvalue weighted by molar-refractivity contribution is -0.153. The molecule has 0 unspecified atom stereocenters. The Bertz CT molecular complexity index is 412. The molecule has 0 saturated heterocycles. The highest BCUT2D eigenvalue weighted by Crippen LogP contribution is 2.33. The maximum atomic E-state index is 12.5. The molecule has 0 radical (unpaired) electrons. The van der Waals surface area contributed by atoms with Crippen molar-refractivity contribution in [2.45, 2.75) is 18.9 Å². The van der Waals surface area contributed by atoms with E-state index in [9.17, 15) is 26.3 Å². The monoisotopic (exact) mass is 273 g/mol. The molecular weight excluding hydrogens is 264 g/mol. The third kappa shape index (κ3) is 4.10. The fourth-order valence-corrected chi connectivity index (χ4v) is 1.27. The van der Waals surface area contributed by atoms with E-state index < -0.39 is 31.1 Å². The Morgan fingerprint density at radius 1 is 1.06 bits per heavy atom. The van der Waals surface area contributed by atoms with Gasteiger partial charge in [-0.05, 0) is 23.8 Å². The first-order valence-electron chi connectivity index (χ1n) is 4.73. The molecule has 1 rings (SSSR count). The van der Waals surface area contributed by atoms with Crippen LogP contribution in [0.5, 0.6) is 5.75 Å². The molecule has 0 aromatic heterocycles. The number of benzene rings is 1. The van der Waals surface area contributed by atoms with Crippen molar-refractivity contribution in [2.75, 3.05) is 6.61 Å². The molecule has 0 amide bonds. The maximum Gasteiger partial charge on any atom is 0.422 e. The third-order valence-electron chi connectivity index (χ3n) is 2.00. The van der Waals surface area contributed by atoms with E-state index >= 15 is 0 Å². The standard InChI is InChI=1S/C10H9F6NO/c11-9(12,13)5-18-7-1-2-8(10(14,15)16)6(3-7)4-17/h1-3H,4-5,17H2. The average molecular weight is 273 g/mol. The molecule has 0 aliphatic carbocycles. The summed E-state index contributed by atoms with van der Waals surface area (Å²) in [6, 6.07) is 2.33. The minimum atomic E-state index is -4.60. The molecule has 0 atom stereocenters. The van der Waals surface area contributed by atoms with Gasteiger partial charge in [0.15, 0.2) is 6.61 Å². The molecule has 0 fully saturated rings. The number of hydrogen-bond acceptors (Lipinski definition) is 2. The van der Waals surface area contributed by atoms with Crippen LogP contribution in [0.4, 0.5) is 26.3 Å². The summed E-state index contributed by atoms with van der Waals surface area (Å²) in [5.41, 5.74) is 3.82. The molecule has 2 nitrogen and oxygen atoms in total. The number of alkyl halides is 6. The smallest absolute Gasteiger partial charge is 0.422 e. The largest absolute Gasteiger partial charge is 0.484 e. The summed E-state index contributed by atoms with van der Waals surface area (Å²) in [7, 11) is 0. The molecule has 2 N–H and O–H groups in total. The van der Waals surface area contributed by atoms with Gasteiger partial charge in [0.25, 0.3) is 0 Å². The minimum absolute atomic E-state index is 0.305. The van der Waals surface area contributed by atoms with E-state index in [1.54, 1.807) is 0 Å². The van der Waals surface area contributed by atoms with Crippen molar-refractivity contribution in [1.29, 1.82) is 0 Å². The van der Waals surface area contributed by atoms with Crippen LogP contribution < -0.4 is 10.5 Å². The first-order chi connectivity index (χ1) is 8.13. The summed E-state index contributed by atoms with van der Waals surface area (Å²) in [5, 5.41) is 0. The molecule has 0 spiro atoms. The summed E-state index contributed by atoms with van der Waals surface area (Å²) in [6.07, 6.45) is -9.15. The molecule has 0 heterocycles. The van der Waals surface area contributed by atoms with Crippen LogP contribution in [0, 0.1) is 0 Å². The Kier molecular flexibility index (Phi) is 4.10. The van der Waals surface area contributed by atoms with Gasteiger partial charge in [0.1, 0.15) is 5.75 Å². The lowest BCUT2D eigenvalue weighted by Crippen LogP contribution is -2.19. The summed E-state index contributed by atoms with van der Waals surface area (Å²) >= 11 is 0. The molecule has 0 aliphatic rings. The normalized spacial score (nSPS) is 12.6. The Balaban J connectivity index is 2.93. The zero-order valence-corrected chi connectivity index (χ0v) is 8.90. The predicted molar refractivity (Wildman–Crippen MR) is 50.9 cm³/mol. The average Bonchev–Trinajstić information content (AvgIpc) is 2.23. The van der Waals surface area contributed by atoms with Crippen molar-refractivity contribution in [3.63, 3.8) is 0 Å². The summed E-state index contributed by atoms with van der Waals surface area (Å²) < 4.78 is 77.3. The topological polar surface area (TPSA) is 35.2 Å². The quantitative estimate of drug-likeness (QED) is 0.859. The van der Waals surface area contributed by atoms with Crippen LogP contribution >= 0.6 is 0 Å². The van der Waals surface area contributed by atoms with Crippen LogP contribution in [-0.4, -0.2) is 12.8 Å². The van der Waals surface area contributed by atoms with Crippen LogP contribution in [0.1, 0.15) is 11.1 Å². The van der Waals surface area contributed by atoms with Crippen LogP contribution in [0.2, 0.25) is 0 Å². The molecule has 18 heavy (non-hydrogen) atoms. The lowest BCUT2D eigenvalue weighted by Gasteiger charge is -2.14. The lowest BCUT2D eigenvalue weighted by atomic mass is 10.1. The maximum absolute atomic E-state index is 12.5. The van der Waals surface area contributed by atoms with Crippen molar-refractivity contribution in [3.05, 3.63) is 29.3 Å². The molecular formula is C10H9F6NO. The van der Waals surface area contributed by atoms with Gasteiger partial charge in [0, 0.05) is 6.54 Å². The summed E-state index contributed by atoms with van der Waals surface area (Å²) in [5.74, 6) is -0.305. The predicted octanol–water partition coefficient (Wildman–Crippen LogP) is 3.11. The van der Waals surface area contributed by atoms with E-state index in [0.29, 0.717) is 6.07 Å². The van der Waals surface area contributed by atoms with Crippen molar-refractivity contribution in [3.8, 4) is 5.75 Å². The highest BCUT2D eigenvalue weighted by Gasteiger charge is 2.33. The van der Waals surface area contributed by atoms with Gasteiger partial charge in [-0.1, -0.05) is 0 Å². The zero-order valence-electron chi connectivity index (χ0n) is 8.90. The number of nitrogens with two attached hydrogens (primary N) is 1. The number of halogens is 6. The number of hydrogen-bond donors (Lipinski definition) is 1. The van der Waals surface area contributed by atoms with E-state index in [0.717, 1.165) is 12.1 Å². The molecule has 0 aliphatic heterocycles. The zero-order chi connectivity index (χ0) is 14.0. The Morgan fingerprint density at radius 3 is 2.11 bits per heavy atom. The van der Waals surface area contributed by atoms with Gasteiger partial charge in [0.2, 0.25) is 0 Å². The Morgan fingerprint density at radius 2 is 1.67 bits per heavy atom.